The van der Waals surface area contributed by atoms with Crippen LogP contribution in [-0.2, 0) is 10.8 Å². The Balaban J connectivity index is 2.08. The first-order valence-corrected chi connectivity index (χ1v) is 11.8. The highest BCUT2D eigenvalue weighted by Crippen LogP contribution is 2.34. The zero-order valence-electron chi connectivity index (χ0n) is 17.0. The Kier molecular flexibility index (Phi) is 4.83. The molecule has 0 fully saturated rings. The fraction of sp³-hybridized carbons (Fsp3) is 0.333. The molecule has 0 amide bonds. The molecule has 0 aliphatic carbocycles. The highest BCUT2D eigenvalue weighted by atomic mass is 32.2. The summed E-state index contributed by atoms with van der Waals surface area (Å²) in [5.74, 6) is 0.545. The monoisotopic (exact) mass is 412 g/mol. The van der Waals surface area contributed by atoms with Gasteiger partial charge >= 0.3 is 0 Å². The lowest BCUT2D eigenvalue weighted by Crippen LogP contribution is -2.03. The Hall–Kier alpha value is -2.12. The lowest BCUT2D eigenvalue weighted by molar-refractivity contribution is 0.684. The molecular weight excluding hydrogens is 388 g/mol. The van der Waals surface area contributed by atoms with Crippen LogP contribution < -0.4 is 0 Å². The van der Waals surface area contributed by atoms with Crippen LogP contribution in [0.1, 0.15) is 29.3 Å². The van der Waals surface area contributed by atoms with Gasteiger partial charge in [-0.3, -0.25) is 4.21 Å². The molecule has 0 radical (unpaired) electrons. The van der Waals surface area contributed by atoms with E-state index in [4.69, 9.17) is 10.1 Å². The largest absolute Gasteiger partial charge is 0.306 e. The minimum atomic E-state index is -1.14. The van der Waals surface area contributed by atoms with Crippen LogP contribution >= 0.6 is 11.8 Å². The molecule has 7 heteroatoms. The predicted octanol–water partition coefficient (Wildman–Crippen LogP) is 4.73. The summed E-state index contributed by atoms with van der Waals surface area (Å²) < 4.78 is 17.0. The number of rotatable bonds is 4. The van der Waals surface area contributed by atoms with Crippen molar-refractivity contribution in [1.29, 1.82) is 0 Å². The fourth-order valence-corrected chi connectivity index (χ4v) is 5.12. The van der Waals surface area contributed by atoms with Crippen LogP contribution in [-0.4, -0.2) is 35.2 Å². The zero-order valence-corrected chi connectivity index (χ0v) is 18.7. The molecule has 0 bridgehead atoms. The summed E-state index contributed by atoms with van der Waals surface area (Å²) in [6.07, 6.45) is 6.03. The van der Waals surface area contributed by atoms with Crippen LogP contribution in [0.25, 0.3) is 22.6 Å². The molecule has 0 aromatic carbocycles. The first-order chi connectivity index (χ1) is 13.4. The van der Waals surface area contributed by atoms with Gasteiger partial charge in [0.25, 0.3) is 0 Å². The van der Waals surface area contributed by atoms with Crippen LogP contribution in [0.5, 0.6) is 0 Å². The van der Waals surface area contributed by atoms with Gasteiger partial charge in [0, 0.05) is 28.7 Å². The van der Waals surface area contributed by atoms with Gasteiger partial charge < -0.3 is 4.40 Å². The van der Waals surface area contributed by atoms with Gasteiger partial charge in [-0.05, 0) is 62.8 Å². The second kappa shape index (κ2) is 7.04. The van der Waals surface area contributed by atoms with E-state index in [0.717, 1.165) is 37.9 Å². The molecule has 146 valence electrons. The second-order valence-corrected chi connectivity index (χ2v) is 9.55. The summed E-state index contributed by atoms with van der Waals surface area (Å²) in [6, 6.07) is 4.13. The third-order valence-corrected chi connectivity index (χ3v) is 7.67. The molecule has 28 heavy (non-hydrogen) atoms. The number of nitrogens with zero attached hydrogens (tertiary/aromatic N) is 4. The van der Waals surface area contributed by atoms with Gasteiger partial charge in [0.1, 0.15) is 17.0 Å². The fourth-order valence-electron chi connectivity index (χ4n) is 3.60. The normalized spacial score (nSPS) is 12.9. The van der Waals surface area contributed by atoms with Crippen molar-refractivity contribution in [3.05, 3.63) is 46.9 Å². The zero-order chi connectivity index (χ0) is 20.2. The molecule has 5 nitrogen and oxygen atoms in total. The van der Waals surface area contributed by atoms with Gasteiger partial charge in [-0.15, -0.1) is 11.8 Å². The van der Waals surface area contributed by atoms with Gasteiger partial charge in [0.05, 0.1) is 21.2 Å². The molecule has 0 spiro atoms. The Morgan fingerprint density at radius 3 is 2.57 bits per heavy atom. The Morgan fingerprint density at radius 2 is 1.89 bits per heavy atom. The summed E-state index contributed by atoms with van der Waals surface area (Å²) in [5.41, 5.74) is 7.95. The van der Waals surface area contributed by atoms with E-state index in [9.17, 15) is 4.21 Å². The molecular formula is C21H24N4OS2. The maximum absolute atomic E-state index is 13.1. The number of thioether (sulfide) groups is 1. The summed E-state index contributed by atoms with van der Waals surface area (Å²) in [4.78, 5) is 6.76. The van der Waals surface area contributed by atoms with Crippen LogP contribution in [0.4, 0.5) is 0 Å². The Bertz CT molecular complexity index is 1250. The van der Waals surface area contributed by atoms with E-state index in [0.29, 0.717) is 11.4 Å². The van der Waals surface area contributed by atoms with Crippen molar-refractivity contribution in [2.24, 2.45) is 0 Å². The molecule has 0 N–H and O–H groups in total. The summed E-state index contributed by atoms with van der Waals surface area (Å²) in [7, 11) is -1.14. The third-order valence-electron chi connectivity index (χ3n) is 5.58. The van der Waals surface area contributed by atoms with Crippen molar-refractivity contribution in [3.63, 3.8) is 0 Å². The average Bonchev–Trinajstić information content (AvgIpc) is 3.30. The Morgan fingerprint density at radius 1 is 1.14 bits per heavy atom. The van der Waals surface area contributed by atoms with Gasteiger partial charge in [-0.25, -0.2) is 9.50 Å². The van der Waals surface area contributed by atoms with E-state index in [2.05, 4.69) is 46.1 Å². The van der Waals surface area contributed by atoms with E-state index in [-0.39, 0.29) is 0 Å². The molecule has 0 saturated heterocycles. The number of aromatic nitrogens is 4. The molecule has 4 aromatic rings. The van der Waals surface area contributed by atoms with Crippen LogP contribution in [0, 0.1) is 27.7 Å². The molecule has 4 heterocycles. The molecule has 4 aromatic heterocycles. The summed E-state index contributed by atoms with van der Waals surface area (Å²) in [6.45, 7) is 10.3. The van der Waals surface area contributed by atoms with E-state index in [1.165, 1.54) is 11.1 Å². The summed E-state index contributed by atoms with van der Waals surface area (Å²) in [5, 5.41) is 4.89. The lowest BCUT2D eigenvalue weighted by Gasteiger charge is -2.12. The SMILES string of the molecule is CCS(=O)c1c(-c2cn3ccc(SC)cc3n2)nn2c(C)c(C)c(C)c(C)c12. The second-order valence-electron chi connectivity index (χ2n) is 6.99. The minimum Gasteiger partial charge on any atom is -0.306 e. The van der Waals surface area contributed by atoms with Crippen LogP contribution in [0.3, 0.4) is 0 Å². The first-order valence-electron chi connectivity index (χ1n) is 9.28. The van der Waals surface area contributed by atoms with Gasteiger partial charge in [-0.1, -0.05) is 6.92 Å². The molecule has 0 saturated carbocycles. The van der Waals surface area contributed by atoms with E-state index in [1.54, 1.807) is 11.8 Å². The van der Waals surface area contributed by atoms with Crippen molar-refractivity contribution >= 4 is 33.7 Å². The topological polar surface area (TPSA) is 51.7 Å². The van der Waals surface area contributed by atoms with E-state index in [1.807, 2.05) is 28.2 Å². The number of imidazole rings is 1. The van der Waals surface area contributed by atoms with Crippen molar-refractivity contribution in [1.82, 2.24) is 19.0 Å². The van der Waals surface area contributed by atoms with Crippen LogP contribution in [0.15, 0.2) is 34.3 Å². The summed E-state index contributed by atoms with van der Waals surface area (Å²) >= 11 is 1.69. The molecule has 1 unspecified atom stereocenters. The quantitative estimate of drug-likeness (QED) is 0.455. The molecule has 0 aliphatic heterocycles. The average molecular weight is 413 g/mol. The van der Waals surface area contributed by atoms with Crippen molar-refractivity contribution in [3.8, 4) is 11.4 Å². The van der Waals surface area contributed by atoms with E-state index < -0.39 is 10.8 Å². The standard InChI is InChI=1S/C21H24N4OS2/c1-7-28(26)21-19(17-11-24-9-8-16(27-6)10-18(24)22-17)23-25-15(5)13(3)12(2)14(4)20(21)25/h8-11H,7H2,1-6H3. The Labute approximate surface area is 171 Å². The molecule has 0 aliphatic rings. The maximum Gasteiger partial charge on any atom is 0.138 e. The van der Waals surface area contributed by atoms with E-state index >= 15 is 0 Å². The maximum atomic E-state index is 13.1. The predicted molar refractivity (Wildman–Crippen MR) is 117 cm³/mol. The molecule has 1 atom stereocenters. The van der Waals surface area contributed by atoms with Crippen molar-refractivity contribution in [2.75, 3.05) is 12.0 Å². The highest BCUT2D eigenvalue weighted by molar-refractivity contribution is 7.98. The van der Waals surface area contributed by atoms with Gasteiger partial charge in [0.2, 0.25) is 0 Å². The first kappa shape index (κ1) is 19.2. The molecule has 4 rings (SSSR count). The highest BCUT2D eigenvalue weighted by Gasteiger charge is 2.25. The third kappa shape index (κ3) is 2.79. The number of pyridine rings is 2. The van der Waals surface area contributed by atoms with Crippen molar-refractivity contribution < 1.29 is 4.21 Å². The number of fused-ring (bicyclic) bond motifs is 2. The minimum absolute atomic E-state index is 0.545. The van der Waals surface area contributed by atoms with Gasteiger partial charge in [0.15, 0.2) is 0 Å². The smallest absolute Gasteiger partial charge is 0.138 e. The lowest BCUT2D eigenvalue weighted by atomic mass is 10.0. The number of aryl methyl sites for hydroxylation is 2. The van der Waals surface area contributed by atoms with Crippen molar-refractivity contribution in [2.45, 2.75) is 44.4 Å². The van der Waals surface area contributed by atoms with Crippen LogP contribution in [0.2, 0.25) is 0 Å². The number of hydrogen-bond acceptors (Lipinski definition) is 4. The number of hydrogen-bond donors (Lipinski definition) is 0. The van der Waals surface area contributed by atoms with Gasteiger partial charge in [-0.2, -0.15) is 5.10 Å².